The van der Waals surface area contributed by atoms with Crippen molar-refractivity contribution < 1.29 is 4.74 Å². The lowest BCUT2D eigenvalue weighted by molar-refractivity contribution is 0.129. The molecule has 0 aromatic heterocycles. The van der Waals surface area contributed by atoms with Crippen LogP contribution in [0, 0.1) is 11.3 Å². The van der Waals surface area contributed by atoms with Crippen molar-refractivity contribution in [1.82, 2.24) is 5.32 Å². The number of nitrogens with one attached hydrogen (secondary N) is 1. The van der Waals surface area contributed by atoms with E-state index in [9.17, 15) is 5.26 Å². The minimum atomic E-state index is 0.364. The second kappa shape index (κ2) is 6.62. The second-order valence-corrected chi connectivity index (χ2v) is 6.61. The van der Waals surface area contributed by atoms with Gasteiger partial charge in [0.2, 0.25) is 0 Å². The van der Waals surface area contributed by atoms with E-state index in [1.165, 1.54) is 24.8 Å². The Morgan fingerprint density at radius 3 is 2.95 bits per heavy atom. The largest absolute Gasteiger partial charge is 0.377 e. The van der Waals surface area contributed by atoms with Crippen LogP contribution in [0.1, 0.15) is 36.8 Å². The van der Waals surface area contributed by atoms with Gasteiger partial charge < -0.3 is 10.1 Å². The molecule has 20 heavy (non-hydrogen) atoms. The second-order valence-electron chi connectivity index (χ2n) is 5.54. The number of rotatable bonds is 6. The van der Waals surface area contributed by atoms with Gasteiger partial charge in [0.05, 0.1) is 11.7 Å². The zero-order valence-electron chi connectivity index (χ0n) is 11.6. The lowest BCUT2D eigenvalue weighted by atomic mass is 10.1. The van der Waals surface area contributed by atoms with Crippen LogP contribution in [0.15, 0.2) is 23.1 Å². The molecule has 1 saturated heterocycles. The van der Waals surface area contributed by atoms with Gasteiger partial charge in [-0.3, -0.25) is 0 Å². The molecular weight excluding hydrogens is 268 g/mol. The summed E-state index contributed by atoms with van der Waals surface area (Å²) in [6.07, 6.45) is 5.27. The van der Waals surface area contributed by atoms with Gasteiger partial charge in [-0.25, -0.2) is 0 Å². The third kappa shape index (κ3) is 3.76. The van der Waals surface area contributed by atoms with Crippen LogP contribution in [0.25, 0.3) is 0 Å². The van der Waals surface area contributed by atoms with Crippen LogP contribution in [-0.4, -0.2) is 24.5 Å². The van der Waals surface area contributed by atoms with Gasteiger partial charge in [0.1, 0.15) is 6.07 Å². The number of thioether (sulfide) groups is 1. The molecule has 0 bridgehead atoms. The zero-order chi connectivity index (χ0) is 13.8. The monoisotopic (exact) mass is 288 g/mol. The molecule has 0 radical (unpaired) electrons. The number of benzene rings is 1. The number of hydrogen-bond donors (Lipinski definition) is 1. The molecule has 1 aliphatic carbocycles. The van der Waals surface area contributed by atoms with Crippen molar-refractivity contribution in [2.24, 2.45) is 0 Å². The topological polar surface area (TPSA) is 45.0 Å². The third-order valence-corrected chi connectivity index (χ3v) is 4.99. The molecule has 106 valence electrons. The van der Waals surface area contributed by atoms with E-state index < -0.39 is 0 Å². The normalized spacial score (nSPS) is 21.9. The van der Waals surface area contributed by atoms with E-state index >= 15 is 0 Å². The van der Waals surface area contributed by atoms with Crippen LogP contribution in [0.4, 0.5) is 0 Å². The molecule has 2 fully saturated rings. The molecule has 4 heteroatoms. The summed E-state index contributed by atoms with van der Waals surface area (Å²) < 4.78 is 5.63. The average Bonchev–Trinajstić information content (AvgIpc) is 3.17. The summed E-state index contributed by atoms with van der Waals surface area (Å²) in [5, 5.41) is 12.8. The summed E-state index contributed by atoms with van der Waals surface area (Å²) >= 11 is 1.75. The van der Waals surface area contributed by atoms with Gasteiger partial charge in [-0.05, 0) is 43.4 Å². The molecule has 1 N–H and O–H groups in total. The van der Waals surface area contributed by atoms with Crippen molar-refractivity contribution in [3.05, 3.63) is 29.3 Å². The number of nitrogens with zero attached hydrogens (tertiary/aromatic N) is 1. The first-order valence-electron chi connectivity index (χ1n) is 7.36. The highest BCUT2D eigenvalue weighted by atomic mass is 32.2. The Labute approximate surface area is 124 Å². The van der Waals surface area contributed by atoms with Gasteiger partial charge in [-0.2, -0.15) is 5.26 Å². The molecule has 1 aliphatic heterocycles. The Balaban J connectivity index is 1.59. The molecule has 3 rings (SSSR count). The Morgan fingerprint density at radius 1 is 1.35 bits per heavy atom. The molecule has 1 unspecified atom stereocenters. The summed E-state index contributed by atoms with van der Waals surface area (Å²) in [6.45, 7) is 1.76. The van der Waals surface area contributed by atoms with E-state index in [4.69, 9.17) is 4.74 Å². The lowest BCUT2D eigenvalue weighted by Gasteiger charge is -2.11. The van der Waals surface area contributed by atoms with Gasteiger partial charge in [0.25, 0.3) is 0 Å². The quantitative estimate of drug-likeness (QED) is 0.817. The van der Waals surface area contributed by atoms with E-state index in [-0.39, 0.29) is 0 Å². The average molecular weight is 288 g/mol. The molecule has 0 spiro atoms. The third-order valence-electron chi connectivity index (χ3n) is 3.79. The van der Waals surface area contributed by atoms with Crippen molar-refractivity contribution in [1.29, 1.82) is 5.26 Å². The Kier molecular flexibility index (Phi) is 4.62. The van der Waals surface area contributed by atoms with E-state index in [0.29, 0.717) is 12.1 Å². The minimum Gasteiger partial charge on any atom is -0.377 e. The summed E-state index contributed by atoms with van der Waals surface area (Å²) in [5.41, 5.74) is 2.00. The predicted octanol–water partition coefficient (Wildman–Crippen LogP) is 3.08. The molecule has 1 saturated carbocycles. The number of ether oxygens (including phenoxy) is 1. The van der Waals surface area contributed by atoms with Crippen LogP contribution in [-0.2, 0) is 11.3 Å². The van der Waals surface area contributed by atoms with Crippen LogP contribution in [0.2, 0.25) is 0 Å². The highest BCUT2D eigenvalue weighted by Crippen LogP contribution is 2.27. The molecule has 2 aliphatic rings. The number of nitriles is 1. The molecular formula is C16H20N2OS. The van der Waals surface area contributed by atoms with Crippen LogP contribution in [0.5, 0.6) is 0 Å². The SMILES string of the molecule is N#Cc1cc(CNC2CC2)ccc1SCC1CCCO1. The van der Waals surface area contributed by atoms with E-state index in [2.05, 4.69) is 23.5 Å². The van der Waals surface area contributed by atoms with Crippen molar-refractivity contribution >= 4 is 11.8 Å². The summed E-state index contributed by atoms with van der Waals surface area (Å²) in [6, 6.07) is 9.27. The Bertz CT molecular complexity index is 502. The molecule has 0 amide bonds. The molecule has 1 aromatic carbocycles. The van der Waals surface area contributed by atoms with E-state index in [1.807, 2.05) is 6.07 Å². The fraction of sp³-hybridized carbons (Fsp3) is 0.562. The van der Waals surface area contributed by atoms with E-state index in [0.717, 1.165) is 35.8 Å². The van der Waals surface area contributed by atoms with Crippen molar-refractivity contribution in [2.45, 2.75) is 49.3 Å². The van der Waals surface area contributed by atoms with Crippen molar-refractivity contribution in [3.63, 3.8) is 0 Å². The van der Waals surface area contributed by atoms with Crippen LogP contribution >= 0.6 is 11.8 Å². The maximum absolute atomic E-state index is 9.31. The van der Waals surface area contributed by atoms with Gasteiger partial charge in [-0.15, -0.1) is 11.8 Å². The first-order valence-corrected chi connectivity index (χ1v) is 8.34. The van der Waals surface area contributed by atoms with Crippen LogP contribution < -0.4 is 5.32 Å². The van der Waals surface area contributed by atoms with E-state index in [1.54, 1.807) is 11.8 Å². The number of hydrogen-bond acceptors (Lipinski definition) is 4. The summed E-state index contributed by atoms with van der Waals surface area (Å²) in [7, 11) is 0. The lowest BCUT2D eigenvalue weighted by Crippen LogP contribution is -2.15. The summed E-state index contributed by atoms with van der Waals surface area (Å²) in [4.78, 5) is 1.08. The Hall–Kier alpha value is -1.02. The van der Waals surface area contributed by atoms with Gasteiger partial charge in [0.15, 0.2) is 0 Å². The maximum Gasteiger partial charge on any atom is 0.100 e. The minimum absolute atomic E-state index is 0.364. The first kappa shape index (κ1) is 13.9. The fourth-order valence-corrected chi connectivity index (χ4v) is 3.46. The molecule has 1 aromatic rings. The smallest absolute Gasteiger partial charge is 0.100 e. The zero-order valence-corrected chi connectivity index (χ0v) is 12.4. The van der Waals surface area contributed by atoms with Gasteiger partial charge in [-0.1, -0.05) is 6.07 Å². The summed E-state index contributed by atoms with van der Waals surface area (Å²) in [5.74, 6) is 0.953. The van der Waals surface area contributed by atoms with Crippen LogP contribution in [0.3, 0.4) is 0 Å². The Morgan fingerprint density at radius 2 is 2.25 bits per heavy atom. The fourth-order valence-electron chi connectivity index (χ4n) is 2.41. The van der Waals surface area contributed by atoms with Crippen molar-refractivity contribution in [3.8, 4) is 6.07 Å². The molecule has 3 nitrogen and oxygen atoms in total. The first-order chi connectivity index (χ1) is 9.85. The van der Waals surface area contributed by atoms with Gasteiger partial charge >= 0.3 is 0 Å². The highest BCUT2D eigenvalue weighted by Gasteiger charge is 2.20. The van der Waals surface area contributed by atoms with Gasteiger partial charge in [0, 0.05) is 29.8 Å². The standard InChI is InChI=1S/C16H20N2OS/c17-9-13-8-12(10-18-14-4-5-14)3-6-16(13)20-11-15-2-1-7-19-15/h3,6,8,14-15,18H,1-2,4-5,7,10-11H2. The maximum atomic E-state index is 9.31. The molecule has 1 heterocycles. The molecule has 1 atom stereocenters. The van der Waals surface area contributed by atoms with Crippen molar-refractivity contribution in [2.75, 3.05) is 12.4 Å². The highest BCUT2D eigenvalue weighted by molar-refractivity contribution is 7.99. The predicted molar refractivity (Wildman–Crippen MR) is 80.7 cm³/mol.